The zero-order chi connectivity index (χ0) is 16.7. The summed E-state index contributed by atoms with van der Waals surface area (Å²) < 4.78 is 5.16. The minimum Gasteiger partial charge on any atom is -0.497 e. The summed E-state index contributed by atoms with van der Waals surface area (Å²) >= 11 is 0. The fourth-order valence-corrected chi connectivity index (χ4v) is 2.97. The number of amides is 1. The summed E-state index contributed by atoms with van der Waals surface area (Å²) in [5, 5.41) is 3.39. The van der Waals surface area contributed by atoms with Crippen molar-refractivity contribution in [3.05, 3.63) is 29.8 Å². The number of nitrogens with two attached hydrogens (primary N) is 1. The molecule has 1 aliphatic rings. The Kier molecular flexibility index (Phi) is 8.88. The minimum absolute atomic E-state index is 0. The van der Waals surface area contributed by atoms with E-state index in [9.17, 15) is 4.79 Å². The Morgan fingerprint density at radius 2 is 2.12 bits per heavy atom. The van der Waals surface area contributed by atoms with Crippen molar-refractivity contribution in [3.8, 4) is 5.75 Å². The van der Waals surface area contributed by atoms with Gasteiger partial charge in [0.1, 0.15) is 5.75 Å². The smallest absolute Gasteiger partial charge is 0.217 e. The van der Waals surface area contributed by atoms with Crippen molar-refractivity contribution < 1.29 is 9.53 Å². The van der Waals surface area contributed by atoms with E-state index in [-0.39, 0.29) is 29.9 Å². The molecule has 1 amide bonds. The molecule has 0 saturated carbocycles. The predicted molar refractivity (Wildman–Crippen MR) is 107 cm³/mol. The van der Waals surface area contributed by atoms with Crippen LogP contribution in [-0.2, 0) is 11.3 Å². The summed E-state index contributed by atoms with van der Waals surface area (Å²) in [5.41, 5.74) is 6.49. The molecule has 6 nitrogen and oxygen atoms in total. The van der Waals surface area contributed by atoms with E-state index in [1.54, 1.807) is 14.2 Å². The van der Waals surface area contributed by atoms with E-state index in [2.05, 4.69) is 15.2 Å². The lowest BCUT2D eigenvalue weighted by molar-refractivity contribution is -0.119. The van der Waals surface area contributed by atoms with Gasteiger partial charge in [0.2, 0.25) is 5.91 Å². The van der Waals surface area contributed by atoms with Crippen LogP contribution in [0.5, 0.6) is 5.75 Å². The largest absolute Gasteiger partial charge is 0.497 e. The van der Waals surface area contributed by atoms with Gasteiger partial charge >= 0.3 is 0 Å². The van der Waals surface area contributed by atoms with Gasteiger partial charge in [-0.2, -0.15) is 0 Å². The molecule has 1 unspecified atom stereocenters. The van der Waals surface area contributed by atoms with Crippen molar-refractivity contribution in [1.29, 1.82) is 0 Å². The zero-order valence-corrected chi connectivity index (χ0v) is 16.7. The van der Waals surface area contributed by atoms with E-state index in [4.69, 9.17) is 10.5 Å². The molecule has 1 aromatic rings. The van der Waals surface area contributed by atoms with Crippen LogP contribution >= 0.6 is 24.0 Å². The number of hydrogen-bond donors (Lipinski definition) is 2. The van der Waals surface area contributed by atoms with Crippen molar-refractivity contribution in [3.63, 3.8) is 0 Å². The van der Waals surface area contributed by atoms with Gasteiger partial charge in [-0.05, 0) is 36.5 Å². The highest BCUT2D eigenvalue weighted by atomic mass is 127. The Hall–Kier alpha value is -1.51. The summed E-state index contributed by atoms with van der Waals surface area (Å²) in [6.45, 7) is 2.48. The van der Waals surface area contributed by atoms with E-state index in [0.29, 0.717) is 18.9 Å². The monoisotopic (exact) mass is 446 g/mol. The molecule has 1 heterocycles. The number of ether oxygens (including phenoxy) is 1. The van der Waals surface area contributed by atoms with Crippen molar-refractivity contribution in [2.75, 3.05) is 27.2 Å². The molecule has 1 aromatic carbocycles. The van der Waals surface area contributed by atoms with E-state index in [1.165, 1.54) is 0 Å². The van der Waals surface area contributed by atoms with Crippen LogP contribution in [0, 0.1) is 5.92 Å². The van der Waals surface area contributed by atoms with Gasteiger partial charge in [-0.15, -0.1) is 24.0 Å². The fourth-order valence-electron chi connectivity index (χ4n) is 2.97. The van der Waals surface area contributed by atoms with Crippen molar-refractivity contribution in [2.24, 2.45) is 16.6 Å². The molecule has 1 aliphatic heterocycles. The molecular weight excluding hydrogens is 419 g/mol. The first kappa shape index (κ1) is 20.5. The SMILES string of the molecule is CN=C(NCc1ccc(OC)cc1)N1CCCC(CC(N)=O)C1.I. The lowest BCUT2D eigenvalue weighted by Crippen LogP contribution is -2.46. The Bertz CT molecular complexity index is 548. The van der Waals surface area contributed by atoms with Crippen LogP contribution in [0.25, 0.3) is 0 Å². The van der Waals surface area contributed by atoms with Crippen molar-refractivity contribution >= 4 is 35.8 Å². The number of carbonyl (C=O) groups is 1. The lowest BCUT2D eigenvalue weighted by Gasteiger charge is -2.34. The first-order valence-corrected chi connectivity index (χ1v) is 7.99. The molecule has 7 heteroatoms. The maximum atomic E-state index is 11.1. The van der Waals surface area contributed by atoms with Gasteiger partial charge < -0.3 is 20.7 Å². The molecule has 0 aliphatic carbocycles. The lowest BCUT2D eigenvalue weighted by atomic mass is 9.95. The first-order valence-electron chi connectivity index (χ1n) is 7.99. The number of aliphatic imine (C=N–C) groups is 1. The number of nitrogens with zero attached hydrogens (tertiary/aromatic N) is 2. The number of piperidine rings is 1. The molecule has 1 saturated heterocycles. The van der Waals surface area contributed by atoms with Gasteiger partial charge in [0.25, 0.3) is 0 Å². The second kappa shape index (κ2) is 10.4. The number of guanidine groups is 1. The third-order valence-corrected chi connectivity index (χ3v) is 4.13. The second-order valence-corrected chi connectivity index (χ2v) is 5.87. The normalized spacial score (nSPS) is 17.8. The van der Waals surface area contributed by atoms with E-state index < -0.39 is 0 Å². The third kappa shape index (κ3) is 6.18. The van der Waals surface area contributed by atoms with Gasteiger partial charge in [0.15, 0.2) is 5.96 Å². The summed E-state index contributed by atoms with van der Waals surface area (Å²) in [4.78, 5) is 17.7. The van der Waals surface area contributed by atoms with E-state index in [0.717, 1.165) is 43.2 Å². The summed E-state index contributed by atoms with van der Waals surface area (Å²) in [5.74, 6) is 1.82. The first-order chi connectivity index (χ1) is 11.1. The molecule has 24 heavy (non-hydrogen) atoms. The van der Waals surface area contributed by atoms with Gasteiger partial charge in [0.05, 0.1) is 7.11 Å². The number of nitrogens with one attached hydrogen (secondary N) is 1. The molecule has 134 valence electrons. The highest BCUT2D eigenvalue weighted by Crippen LogP contribution is 2.19. The molecule has 0 bridgehead atoms. The minimum atomic E-state index is -0.224. The average molecular weight is 446 g/mol. The van der Waals surface area contributed by atoms with Crippen LogP contribution < -0.4 is 15.8 Å². The molecule has 1 fully saturated rings. The standard InChI is InChI=1S/C17H26N4O2.HI/c1-19-17(20-11-13-5-7-15(23-2)8-6-13)21-9-3-4-14(12-21)10-16(18)22;/h5-8,14H,3-4,9-12H2,1-2H3,(H2,18,22)(H,19,20);1H. The van der Waals surface area contributed by atoms with Gasteiger partial charge in [-0.3, -0.25) is 9.79 Å². The number of carbonyl (C=O) groups excluding carboxylic acids is 1. The molecule has 2 rings (SSSR count). The molecule has 0 aromatic heterocycles. The van der Waals surface area contributed by atoms with Gasteiger partial charge in [0, 0.05) is 33.1 Å². The number of halogens is 1. The Morgan fingerprint density at radius 3 is 2.71 bits per heavy atom. The number of rotatable bonds is 5. The Labute approximate surface area is 160 Å². The van der Waals surface area contributed by atoms with Crippen LogP contribution in [-0.4, -0.2) is 44.0 Å². The van der Waals surface area contributed by atoms with Crippen LogP contribution in [0.3, 0.4) is 0 Å². The summed E-state index contributed by atoms with van der Waals surface area (Å²) in [6.07, 6.45) is 2.56. The molecule has 3 N–H and O–H groups in total. The molecule has 0 radical (unpaired) electrons. The quantitative estimate of drug-likeness (QED) is 0.412. The Morgan fingerprint density at radius 1 is 1.42 bits per heavy atom. The summed E-state index contributed by atoms with van der Waals surface area (Å²) in [6, 6.07) is 7.96. The number of methoxy groups -OCH3 is 1. The van der Waals surface area contributed by atoms with E-state index >= 15 is 0 Å². The maximum Gasteiger partial charge on any atom is 0.217 e. The average Bonchev–Trinajstić information content (AvgIpc) is 2.56. The van der Waals surface area contributed by atoms with Crippen molar-refractivity contribution in [1.82, 2.24) is 10.2 Å². The third-order valence-electron chi connectivity index (χ3n) is 4.13. The molecular formula is C17H27IN4O2. The zero-order valence-electron chi connectivity index (χ0n) is 14.3. The number of likely N-dealkylation sites (tertiary alicyclic amines) is 1. The molecule has 1 atom stereocenters. The second-order valence-electron chi connectivity index (χ2n) is 5.87. The highest BCUT2D eigenvalue weighted by Gasteiger charge is 2.23. The topological polar surface area (TPSA) is 80.0 Å². The van der Waals surface area contributed by atoms with Crippen LogP contribution in [0.4, 0.5) is 0 Å². The predicted octanol–water partition coefficient (Wildman–Crippen LogP) is 1.98. The number of hydrogen-bond acceptors (Lipinski definition) is 3. The van der Waals surface area contributed by atoms with Crippen LogP contribution in [0.2, 0.25) is 0 Å². The highest BCUT2D eigenvalue weighted by molar-refractivity contribution is 14.0. The van der Waals surface area contributed by atoms with Crippen LogP contribution in [0.15, 0.2) is 29.3 Å². The van der Waals surface area contributed by atoms with Crippen LogP contribution in [0.1, 0.15) is 24.8 Å². The van der Waals surface area contributed by atoms with Crippen molar-refractivity contribution in [2.45, 2.75) is 25.8 Å². The number of benzene rings is 1. The van der Waals surface area contributed by atoms with E-state index in [1.807, 2.05) is 24.3 Å². The maximum absolute atomic E-state index is 11.1. The Balaban J connectivity index is 0.00000288. The fraction of sp³-hybridized carbons (Fsp3) is 0.529. The van der Waals surface area contributed by atoms with Gasteiger partial charge in [-0.1, -0.05) is 12.1 Å². The number of primary amides is 1. The van der Waals surface area contributed by atoms with Gasteiger partial charge in [-0.25, -0.2) is 0 Å². The summed E-state index contributed by atoms with van der Waals surface area (Å²) in [7, 11) is 3.45. The molecule has 0 spiro atoms.